The predicted molar refractivity (Wildman–Crippen MR) is 109 cm³/mol. The standard InChI is InChI=1S/C22H18ClNO5/c1-3-27-22(26)20-13(2)24(16-7-5-15(23)6-8-16)21(25)17(20)10-14-4-9-18-19(11-14)29-12-28-18/h4-11H,3,12H2,1-2H3/b17-10-. The van der Waals surface area contributed by atoms with E-state index in [0.717, 1.165) is 0 Å². The lowest BCUT2D eigenvalue weighted by atomic mass is 10.0. The van der Waals surface area contributed by atoms with E-state index in [9.17, 15) is 9.59 Å². The minimum Gasteiger partial charge on any atom is -0.462 e. The average molecular weight is 412 g/mol. The number of fused-ring (bicyclic) bond motifs is 1. The van der Waals surface area contributed by atoms with Crippen molar-refractivity contribution in [1.82, 2.24) is 0 Å². The lowest BCUT2D eigenvalue weighted by Crippen LogP contribution is -2.24. The topological polar surface area (TPSA) is 65.1 Å². The third-order valence-corrected chi connectivity index (χ3v) is 4.92. The molecule has 0 aliphatic carbocycles. The molecule has 0 radical (unpaired) electrons. The van der Waals surface area contributed by atoms with Gasteiger partial charge in [-0.25, -0.2) is 4.79 Å². The maximum absolute atomic E-state index is 13.3. The SMILES string of the molecule is CCOC(=O)C1=C(C)N(c2ccc(Cl)cc2)C(=O)/C1=C\c1ccc2c(c1)OCO2. The first kappa shape index (κ1) is 19.1. The van der Waals surface area contributed by atoms with E-state index in [0.29, 0.717) is 33.5 Å². The lowest BCUT2D eigenvalue weighted by molar-refractivity contribution is -0.138. The highest BCUT2D eigenvalue weighted by molar-refractivity contribution is 6.30. The molecule has 29 heavy (non-hydrogen) atoms. The van der Waals surface area contributed by atoms with Crippen molar-refractivity contribution in [2.45, 2.75) is 13.8 Å². The zero-order chi connectivity index (χ0) is 20.5. The smallest absolute Gasteiger partial charge is 0.340 e. The van der Waals surface area contributed by atoms with Crippen LogP contribution in [0, 0.1) is 0 Å². The van der Waals surface area contributed by atoms with Crippen LogP contribution in [0.25, 0.3) is 6.08 Å². The Kier molecular flexibility index (Phi) is 5.03. The van der Waals surface area contributed by atoms with Crippen molar-refractivity contribution in [2.75, 3.05) is 18.3 Å². The Morgan fingerprint density at radius 2 is 1.90 bits per heavy atom. The molecule has 0 spiro atoms. The second kappa shape index (κ2) is 7.64. The Bertz CT molecular complexity index is 1060. The van der Waals surface area contributed by atoms with Gasteiger partial charge in [0.25, 0.3) is 5.91 Å². The van der Waals surface area contributed by atoms with Crippen LogP contribution in [0.3, 0.4) is 0 Å². The molecular weight excluding hydrogens is 394 g/mol. The number of benzene rings is 2. The summed E-state index contributed by atoms with van der Waals surface area (Å²) in [5, 5.41) is 0.559. The third-order valence-electron chi connectivity index (χ3n) is 4.67. The molecule has 0 saturated carbocycles. The highest BCUT2D eigenvalue weighted by Crippen LogP contribution is 2.37. The van der Waals surface area contributed by atoms with Crippen LogP contribution in [-0.2, 0) is 14.3 Å². The number of allylic oxidation sites excluding steroid dienone is 1. The average Bonchev–Trinajstić information content (AvgIpc) is 3.25. The van der Waals surface area contributed by atoms with E-state index in [2.05, 4.69) is 0 Å². The molecule has 0 fully saturated rings. The number of hydrogen-bond acceptors (Lipinski definition) is 5. The normalized spacial score (nSPS) is 16.7. The minimum atomic E-state index is -0.540. The van der Waals surface area contributed by atoms with E-state index in [1.807, 2.05) is 0 Å². The molecule has 0 aromatic heterocycles. The molecule has 4 rings (SSSR count). The summed E-state index contributed by atoms with van der Waals surface area (Å²) in [6, 6.07) is 12.2. The zero-order valence-corrected chi connectivity index (χ0v) is 16.7. The van der Waals surface area contributed by atoms with E-state index in [-0.39, 0.29) is 30.5 Å². The number of esters is 1. The molecule has 0 atom stereocenters. The molecule has 2 aromatic carbocycles. The summed E-state index contributed by atoms with van der Waals surface area (Å²) in [7, 11) is 0. The number of carbonyl (C=O) groups is 2. The second-order valence-corrected chi connectivity index (χ2v) is 6.91. The molecule has 7 heteroatoms. The van der Waals surface area contributed by atoms with Crippen LogP contribution >= 0.6 is 11.6 Å². The first-order valence-electron chi connectivity index (χ1n) is 9.09. The van der Waals surface area contributed by atoms with Crippen molar-refractivity contribution in [3.05, 3.63) is 69.9 Å². The number of carbonyl (C=O) groups excluding carboxylic acids is 2. The van der Waals surface area contributed by atoms with Crippen molar-refractivity contribution in [1.29, 1.82) is 0 Å². The molecule has 2 aliphatic heterocycles. The van der Waals surface area contributed by atoms with Gasteiger partial charge in [-0.1, -0.05) is 17.7 Å². The van der Waals surface area contributed by atoms with Crippen LogP contribution < -0.4 is 14.4 Å². The molecule has 148 valence electrons. The third kappa shape index (κ3) is 3.47. The Balaban J connectivity index is 1.80. The first-order valence-corrected chi connectivity index (χ1v) is 9.47. The van der Waals surface area contributed by atoms with Gasteiger partial charge >= 0.3 is 5.97 Å². The van der Waals surface area contributed by atoms with E-state index in [1.54, 1.807) is 62.4 Å². The molecule has 6 nitrogen and oxygen atoms in total. The van der Waals surface area contributed by atoms with Gasteiger partial charge in [0.05, 0.1) is 17.8 Å². The first-order chi connectivity index (χ1) is 14.0. The predicted octanol–water partition coefficient (Wildman–Crippen LogP) is 4.34. The molecule has 0 N–H and O–H groups in total. The van der Waals surface area contributed by atoms with Crippen molar-refractivity contribution in [2.24, 2.45) is 0 Å². The molecular formula is C22H18ClNO5. The summed E-state index contributed by atoms with van der Waals surface area (Å²) in [5.41, 5.74) is 2.33. The Hall–Kier alpha value is -3.25. The van der Waals surface area contributed by atoms with Gasteiger partial charge < -0.3 is 14.2 Å². The fraction of sp³-hybridized carbons (Fsp3) is 0.182. The fourth-order valence-corrected chi connectivity index (χ4v) is 3.48. The summed E-state index contributed by atoms with van der Waals surface area (Å²) < 4.78 is 15.9. The summed E-state index contributed by atoms with van der Waals surface area (Å²) >= 11 is 5.97. The van der Waals surface area contributed by atoms with E-state index in [4.69, 9.17) is 25.8 Å². The van der Waals surface area contributed by atoms with Gasteiger partial charge in [0.1, 0.15) is 0 Å². The Labute approximate surface area is 172 Å². The summed E-state index contributed by atoms with van der Waals surface area (Å²) in [4.78, 5) is 27.4. The molecule has 1 amide bonds. The van der Waals surface area contributed by atoms with E-state index < -0.39 is 5.97 Å². The minimum absolute atomic E-state index is 0.158. The van der Waals surface area contributed by atoms with Crippen molar-refractivity contribution in [3.8, 4) is 11.5 Å². The monoisotopic (exact) mass is 411 g/mol. The number of nitrogens with zero attached hydrogens (tertiary/aromatic N) is 1. The van der Waals surface area contributed by atoms with Gasteiger partial charge in [0.15, 0.2) is 11.5 Å². The van der Waals surface area contributed by atoms with Gasteiger partial charge in [-0.2, -0.15) is 0 Å². The molecule has 2 aromatic rings. The van der Waals surface area contributed by atoms with E-state index >= 15 is 0 Å². The van der Waals surface area contributed by atoms with Crippen LogP contribution in [0.2, 0.25) is 5.02 Å². The maximum Gasteiger partial charge on any atom is 0.340 e. The van der Waals surface area contributed by atoms with Crippen molar-refractivity contribution in [3.63, 3.8) is 0 Å². The van der Waals surface area contributed by atoms with Gasteiger partial charge in [0.2, 0.25) is 6.79 Å². The Morgan fingerprint density at radius 1 is 1.17 bits per heavy atom. The summed E-state index contributed by atoms with van der Waals surface area (Å²) in [6.07, 6.45) is 1.66. The van der Waals surface area contributed by atoms with Crippen molar-refractivity contribution >= 4 is 35.2 Å². The molecule has 2 aliphatic rings. The van der Waals surface area contributed by atoms with Gasteiger partial charge in [-0.05, 0) is 61.9 Å². The van der Waals surface area contributed by atoms with Crippen LogP contribution in [0.15, 0.2) is 59.3 Å². The second-order valence-electron chi connectivity index (χ2n) is 6.47. The molecule has 0 unspecified atom stereocenters. The number of anilines is 1. The largest absolute Gasteiger partial charge is 0.462 e. The summed E-state index contributed by atoms with van der Waals surface area (Å²) in [5.74, 6) is 0.384. The highest BCUT2D eigenvalue weighted by atomic mass is 35.5. The highest BCUT2D eigenvalue weighted by Gasteiger charge is 2.38. The fourth-order valence-electron chi connectivity index (χ4n) is 3.35. The quantitative estimate of drug-likeness (QED) is 0.553. The van der Waals surface area contributed by atoms with Gasteiger partial charge in [-0.15, -0.1) is 0 Å². The molecule has 2 heterocycles. The maximum atomic E-state index is 13.3. The molecule has 0 saturated heterocycles. The Morgan fingerprint density at radius 3 is 2.62 bits per heavy atom. The molecule has 0 bridgehead atoms. The number of halogens is 1. The van der Waals surface area contributed by atoms with Crippen molar-refractivity contribution < 1.29 is 23.8 Å². The number of hydrogen-bond donors (Lipinski definition) is 0. The number of amides is 1. The zero-order valence-electron chi connectivity index (χ0n) is 15.9. The van der Waals surface area contributed by atoms with Crippen LogP contribution in [-0.4, -0.2) is 25.3 Å². The van der Waals surface area contributed by atoms with Crippen LogP contribution in [0.4, 0.5) is 5.69 Å². The summed E-state index contributed by atoms with van der Waals surface area (Å²) in [6.45, 7) is 3.82. The number of rotatable bonds is 4. The lowest BCUT2D eigenvalue weighted by Gasteiger charge is -2.18. The van der Waals surface area contributed by atoms with E-state index in [1.165, 1.54) is 4.90 Å². The van der Waals surface area contributed by atoms with Gasteiger partial charge in [0, 0.05) is 16.4 Å². The van der Waals surface area contributed by atoms with Gasteiger partial charge in [-0.3, -0.25) is 9.69 Å². The van der Waals surface area contributed by atoms with Crippen LogP contribution in [0.5, 0.6) is 11.5 Å². The number of ether oxygens (including phenoxy) is 3. The van der Waals surface area contributed by atoms with Crippen LogP contribution in [0.1, 0.15) is 19.4 Å².